The van der Waals surface area contributed by atoms with E-state index in [0.717, 1.165) is 32.6 Å². The molecular formula is C26H38Cl3N5. The Morgan fingerprint density at radius 3 is 2.59 bits per heavy atom. The maximum absolute atomic E-state index is 4.88. The zero-order valence-corrected chi connectivity index (χ0v) is 22.5. The quantitative estimate of drug-likeness (QED) is 0.543. The molecule has 2 aromatic rings. The molecule has 1 aromatic carbocycles. The minimum Gasteiger partial charge on any atom is -0.325 e. The predicted octanol–water partition coefficient (Wildman–Crippen LogP) is 5.60. The highest BCUT2D eigenvalue weighted by molar-refractivity contribution is 5.86. The van der Waals surface area contributed by atoms with Crippen LogP contribution in [0.4, 0.5) is 11.5 Å². The summed E-state index contributed by atoms with van der Waals surface area (Å²) in [6, 6.07) is 7.69. The van der Waals surface area contributed by atoms with Gasteiger partial charge >= 0.3 is 0 Å². The molecule has 1 saturated heterocycles. The van der Waals surface area contributed by atoms with Crippen molar-refractivity contribution in [1.29, 1.82) is 0 Å². The summed E-state index contributed by atoms with van der Waals surface area (Å²) in [4.78, 5) is 12.1. The second-order valence-corrected chi connectivity index (χ2v) is 10.3. The average molecular weight is 527 g/mol. The van der Waals surface area contributed by atoms with Crippen molar-refractivity contribution in [3.63, 3.8) is 0 Å². The average Bonchev–Trinajstić information content (AvgIpc) is 3.53. The first-order valence-corrected chi connectivity index (χ1v) is 12.4. The van der Waals surface area contributed by atoms with Crippen LogP contribution in [0.3, 0.4) is 0 Å². The minimum atomic E-state index is 0. The molecule has 4 aliphatic rings. The topological polar surface area (TPSA) is 53.1 Å². The lowest BCUT2D eigenvalue weighted by Gasteiger charge is -2.36. The predicted molar refractivity (Wildman–Crippen MR) is 147 cm³/mol. The Bertz CT molecular complexity index is 973. The van der Waals surface area contributed by atoms with Crippen LogP contribution in [-0.4, -0.2) is 35.6 Å². The van der Waals surface area contributed by atoms with Gasteiger partial charge in [0.05, 0.1) is 0 Å². The Kier molecular flexibility index (Phi) is 9.13. The van der Waals surface area contributed by atoms with Gasteiger partial charge in [-0.15, -0.1) is 37.2 Å². The number of nitrogens with one attached hydrogen (secondary N) is 2. The second-order valence-electron chi connectivity index (χ2n) is 10.3. The zero-order valence-electron chi connectivity index (χ0n) is 20.0. The lowest BCUT2D eigenvalue weighted by atomic mass is 9.73. The van der Waals surface area contributed by atoms with Crippen LogP contribution < -0.4 is 15.5 Å². The largest absolute Gasteiger partial charge is 0.325 e. The molecule has 188 valence electrons. The van der Waals surface area contributed by atoms with Crippen molar-refractivity contribution >= 4 is 48.7 Å². The van der Waals surface area contributed by atoms with E-state index in [1.165, 1.54) is 73.3 Å². The molecule has 1 aromatic heterocycles. The van der Waals surface area contributed by atoms with Crippen LogP contribution in [0.1, 0.15) is 80.2 Å². The SMILES string of the molecule is C[C@@H]1CCc2ncnc(N3CC4(CCNCC4)c4c(CNC5CCCC5)cccc43)c21.Cl.Cl.Cl. The lowest BCUT2D eigenvalue weighted by molar-refractivity contribution is 0.326. The highest BCUT2D eigenvalue weighted by Crippen LogP contribution is 2.52. The number of anilines is 2. The summed E-state index contributed by atoms with van der Waals surface area (Å²) in [6.45, 7) is 6.61. The summed E-state index contributed by atoms with van der Waals surface area (Å²) in [7, 11) is 0. The standard InChI is InChI=1S/C26H35N5.3ClH/c1-18-9-10-21-23(18)25(30-17-29-21)31-16-26(11-13-27-14-12-26)24-19(5-4-8-22(24)31)15-28-20-6-2-3-7-20;;;/h4-5,8,17-18,20,27-28H,2-3,6-7,9-16H2,1H3;3*1H/t18-;;;/m1.../s1. The Morgan fingerprint density at radius 2 is 1.82 bits per heavy atom. The molecule has 2 fully saturated rings. The van der Waals surface area contributed by atoms with Crippen LogP contribution in [0.5, 0.6) is 0 Å². The van der Waals surface area contributed by atoms with Crippen LogP contribution in [-0.2, 0) is 18.4 Å². The van der Waals surface area contributed by atoms with E-state index in [1.807, 2.05) is 0 Å². The molecular weight excluding hydrogens is 489 g/mol. The van der Waals surface area contributed by atoms with Gasteiger partial charge in [0.25, 0.3) is 0 Å². The lowest BCUT2D eigenvalue weighted by Crippen LogP contribution is -2.43. The van der Waals surface area contributed by atoms with E-state index in [-0.39, 0.29) is 42.6 Å². The van der Waals surface area contributed by atoms with Gasteiger partial charge in [-0.2, -0.15) is 0 Å². The fraction of sp³-hybridized carbons (Fsp3) is 0.615. The number of benzene rings is 1. The van der Waals surface area contributed by atoms with Gasteiger partial charge in [0.1, 0.15) is 12.1 Å². The second kappa shape index (κ2) is 11.3. The van der Waals surface area contributed by atoms with E-state index in [4.69, 9.17) is 4.98 Å². The van der Waals surface area contributed by atoms with E-state index in [1.54, 1.807) is 11.9 Å². The Labute approximate surface area is 222 Å². The molecule has 0 unspecified atom stereocenters. The van der Waals surface area contributed by atoms with Gasteiger partial charge in [-0.1, -0.05) is 31.9 Å². The molecule has 0 bridgehead atoms. The smallest absolute Gasteiger partial charge is 0.140 e. The molecule has 1 atom stereocenters. The van der Waals surface area contributed by atoms with Crippen LogP contribution in [0.25, 0.3) is 0 Å². The maximum atomic E-state index is 4.88. The van der Waals surface area contributed by atoms with Crippen molar-refractivity contribution < 1.29 is 0 Å². The fourth-order valence-corrected chi connectivity index (χ4v) is 6.76. The molecule has 2 aliphatic carbocycles. The molecule has 1 spiro atoms. The van der Waals surface area contributed by atoms with Crippen LogP contribution >= 0.6 is 37.2 Å². The molecule has 0 radical (unpaired) electrons. The fourth-order valence-electron chi connectivity index (χ4n) is 6.76. The molecule has 2 N–H and O–H groups in total. The van der Waals surface area contributed by atoms with Crippen LogP contribution in [0, 0.1) is 0 Å². The number of fused-ring (bicyclic) bond motifs is 3. The van der Waals surface area contributed by atoms with Crippen molar-refractivity contribution in [1.82, 2.24) is 20.6 Å². The molecule has 0 amide bonds. The minimum absolute atomic E-state index is 0. The van der Waals surface area contributed by atoms with Gasteiger partial charge in [-0.3, -0.25) is 0 Å². The van der Waals surface area contributed by atoms with E-state index in [9.17, 15) is 0 Å². The Morgan fingerprint density at radius 1 is 1.06 bits per heavy atom. The van der Waals surface area contributed by atoms with Gasteiger partial charge in [0, 0.05) is 41.5 Å². The Hall–Kier alpha value is -1.11. The highest BCUT2D eigenvalue weighted by Gasteiger charge is 2.46. The summed E-state index contributed by atoms with van der Waals surface area (Å²) in [6.07, 6.45) is 11.9. The first kappa shape index (κ1) is 27.5. The first-order chi connectivity index (χ1) is 15.3. The van der Waals surface area contributed by atoms with Gasteiger partial charge < -0.3 is 15.5 Å². The molecule has 2 aliphatic heterocycles. The third-order valence-corrected chi connectivity index (χ3v) is 8.42. The van der Waals surface area contributed by atoms with Crippen molar-refractivity contribution in [2.24, 2.45) is 0 Å². The summed E-state index contributed by atoms with van der Waals surface area (Å²) < 4.78 is 0. The number of hydrogen-bond acceptors (Lipinski definition) is 5. The van der Waals surface area contributed by atoms with Crippen molar-refractivity contribution in [3.8, 4) is 0 Å². The van der Waals surface area contributed by atoms with Crippen molar-refractivity contribution in [3.05, 3.63) is 46.9 Å². The molecule has 8 heteroatoms. The normalized spacial score (nSPS) is 22.5. The Balaban J connectivity index is 0.00000108. The number of halogens is 3. The molecule has 5 nitrogen and oxygen atoms in total. The number of rotatable bonds is 4. The summed E-state index contributed by atoms with van der Waals surface area (Å²) in [5, 5.41) is 7.50. The highest BCUT2D eigenvalue weighted by atomic mass is 35.5. The van der Waals surface area contributed by atoms with Gasteiger partial charge in [-0.25, -0.2) is 9.97 Å². The van der Waals surface area contributed by atoms with E-state index in [0.29, 0.717) is 12.0 Å². The third-order valence-electron chi connectivity index (χ3n) is 8.42. The number of aryl methyl sites for hydroxylation is 1. The molecule has 34 heavy (non-hydrogen) atoms. The first-order valence-electron chi connectivity index (χ1n) is 12.4. The molecule has 1 saturated carbocycles. The van der Waals surface area contributed by atoms with E-state index < -0.39 is 0 Å². The van der Waals surface area contributed by atoms with Gasteiger partial charge in [0.15, 0.2) is 0 Å². The maximum Gasteiger partial charge on any atom is 0.140 e. The van der Waals surface area contributed by atoms with Crippen molar-refractivity contribution in [2.75, 3.05) is 24.5 Å². The zero-order chi connectivity index (χ0) is 20.8. The van der Waals surface area contributed by atoms with Crippen LogP contribution in [0.15, 0.2) is 24.5 Å². The number of piperidine rings is 1. The van der Waals surface area contributed by atoms with E-state index >= 15 is 0 Å². The van der Waals surface area contributed by atoms with Gasteiger partial charge in [-0.05, 0) is 74.7 Å². The van der Waals surface area contributed by atoms with Crippen LogP contribution in [0.2, 0.25) is 0 Å². The number of hydrogen-bond donors (Lipinski definition) is 2. The van der Waals surface area contributed by atoms with E-state index in [2.05, 4.69) is 45.6 Å². The summed E-state index contributed by atoms with van der Waals surface area (Å²) >= 11 is 0. The summed E-state index contributed by atoms with van der Waals surface area (Å²) in [5.41, 5.74) is 7.40. The summed E-state index contributed by atoms with van der Waals surface area (Å²) in [5.74, 6) is 1.72. The number of nitrogens with zero attached hydrogens (tertiary/aromatic N) is 3. The number of aromatic nitrogens is 2. The molecule has 3 heterocycles. The van der Waals surface area contributed by atoms with Crippen molar-refractivity contribution in [2.45, 2.75) is 82.2 Å². The molecule has 6 rings (SSSR count). The van der Waals surface area contributed by atoms with Gasteiger partial charge in [0.2, 0.25) is 0 Å². The monoisotopic (exact) mass is 525 g/mol. The third kappa shape index (κ3) is 4.67.